The van der Waals surface area contributed by atoms with Crippen molar-refractivity contribution in [3.63, 3.8) is 0 Å². The van der Waals surface area contributed by atoms with E-state index in [-0.39, 0.29) is 6.04 Å². The van der Waals surface area contributed by atoms with Crippen LogP contribution in [0.4, 0.5) is 5.69 Å². The molecule has 0 saturated carbocycles. The summed E-state index contributed by atoms with van der Waals surface area (Å²) in [4.78, 5) is 0. The molecule has 1 unspecified atom stereocenters. The number of nitrogens with one attached hydrogen (secondary N) is 1. The summed E-state index contributed by atoms with van der Waals surface area (Å²) in [6.07, 6.45) is 4.13. The lowest BCUT2D eigenvalue weighted by Crippen LogP contribution is -2.13. The Morgan fingerprint density at radius 1 is 1.14 bits per heavy atom. The maximum absolute atomic E-state index is 5.50. The number of hydrogen-bond donors (Lipinski definition) is 1. The number of hydrogen-bond acceptors (Lipinski definition) is 4. The number of fused-ring (bicyclic) bond motifs is 3. The van der Waals surface area contributed by atoms with Gasteiger partial charge in [0.1, 0.15) is 0 Å². The van der Waals surface area contributed by atoms with Crippen molar-refractivity contribution in [1.82, 2.24) is 15.0 Å². The standard InChI is InChI=1S/C23H24N4O/c1-16-23-20-8-7-18(17-10-13-28-14-11-17)15-21(20)22(9-12-27(23)26-25-16)24-19-5-3-2-4-6-19/h2-8,10,15,22,24H,9,11-14H2,1H3. The second kappa shape index (κ2) is 7.24. The number of aryl methyl sites for hydroxylation is 2. The average molecular weight is 372 g/mol. The van der Waals surface area contributed by atoms with Crippen LogP contribution in [0.1, 0.15) is 35.7 Å². The minimum absolute atomic E-state index is 0.221. The van der Waals surface area contributed by atoms with Crippen molar-refractivity contribution in [2.45, 2.75) is 32.4 Å². The van der Waals surface area contributed by atoms with Gasteiger partial charge in [-0.05, 0) is 54.7 Å². The maximum Gasteiger partial charge on any atom is 0.0918 e. The molecule has 3 heterocycles. The molecule has 0 radical (unpaired) electrons. The second-order valence-corrected chi connectivity index (χ2v) is 7.45. The minimum atomic E-state index is 0.221. The number of para-hydroxylation sites is 1. The van der Waals surface area contributed by atoms with Crippen molar-refractivity contribution in [3.8, 4) is 11.3 Å². The van der Waals surface area contributed by atoms with E-state index in [1.165, 1.54) is 22.3 Å². The highest BCUT2D eigenvalue weighted by Gasteiger charge is 2.26. The van der Waals surface area contributed by atoms with Crippen molar-refractivity contribution in [3.05, 3.63) is 71.4 Å². The highest BCUT2D eigenvalue weighted by atomic mass is 16.5. The SMILES string of the molecule is Cc1nnn2c1-c1ccc(C3=CCOCC3)cc1C(Nc1ccccc1)CC2. The Morgan fingerprint density at radius 2 is 2.04 bits per heavy atom. The molecular weight excluding hydrogens is 348 g/mol. The molecule has 5 nitrogen and oxygen atoms in total. The van der Waals surface area contributed by atoms with Crippen LogP contribution in [0.5, 0.6) is 0 Å². The molecule has 0 fully saturated rings. The van der Waals surface area contributed by atoms with Crippen molar-refractivity contribution >= 4 is 11.3 Å². The van der Waals surface area contributed by atoms with Crippen LogP contribution in [0, 0.1) is 6.92 Å². The molecule has 1 atom stereocenters. The van der Waals surface area contributed by atoms with Crippen LogP contribution in [0.3, 0.4) is 0 Å². The molecule has 0 aliphatic carbocycles. The zero-order valence-corrected chi connectivity index (χ0v) is 16.1. The fourth-order valence-corrected chi connectivity index (χ4v) is 4.24. The third kappa shape index (κ3) is 3.12. The summed E-state index contributed by atoms with van der Waals surface area (Å²) in [5, 5.41) is 12.5. The molecule has 3 aromatic rings. The molecule has 28 heavy (non-hydrogen) atoms. The van der Waals surface area contributed by atoms with E-state index < -0.39 is 0 Å². The van der Waals surface area contributed by atoms with Gasteiger partial charge in [-0.3, -0.25) is 0 Å². The summed E-state index contributed by atoms with van der Waals surface area (Å²) >= 11 is 0. The van der Waals surface area contributed by atoms with Gasteiger partial charge in [-0.25, -0.2) is 4.68 Å². The molecule has 0 saturated heterocycles. The number of anilines is 1. The van der Waals surface area contributed by atoms with Crippen LogP contribution in [-0.2, 0) is 11.3 Å². The van der Waals surface area contributed by atoms with E-state index >= 15 is 0 Å². The van der Waals surface area contributed by atoms with Gasteiger partial charge in [-0.1, -0.05) is 41.6 Å². The fraction of sp³-hybridized carbons (Fsp3) is 0.304. The van der Waals surface area contributed by atoms with E-state index in [0.29, 0.717) is 6.61 Å². The molecule has 5 heteroatoms. The lowest BCUT2D eigenvalue weighted by molar-refractivity contribution is 0.161. The smallest absolute Gasteiger partial charge is 0.0918 e. The molecule has 0 amide bonds. The maximum atomic E-state index is 5.50. The molecule has 0 bridgehead atoms. The Labute approximate surface area is 165 Å². The van der Waals surface area contributed by atoms with Gasteiger partial charge in [0, 0.05) is 17.8 Å². The predicted octanol–water partition coefficient (Wildman–Crippen LogP) is 4.61. The Hall–Kier alpha value is -2.92. The van der Waals surface area contributed by atoms with Crippen LogP contribution in [0.25, 0.3) is 16.8 Å². The van der Waals surface area contributed by atoms with Crippen LogP contribution >= 0.6 is 0 Å². The molecule has 1 N–H and O–H groups in total. The monoisotopic (exact) mass is 372 g/mol. The average Bonchev–Trinajstić information content (AvgIpc) is 3.04. The molecule has 2 aliphatic heterocycles. The minimum Gasteiger partial charge on any atom is -0.378 e. The van der Waals surface area contributed by atoms with Gasteiger partial charge in [0.05, 0.1) is 30.6 Å². The van der Waals surface area contributed by atoms with E-state index in [1.807, 2.05) is 17.7 Å². The molecular formula is C23H24N4O. The third-order valence-electron chi connectivity index (χ3n) is 5.66. The van der Waals surface area contributed by atoms with Gasteiger partial charge in [0.15, 0.2) is 0 Å². The summed E-state index contributed by atoms with van der Waals surface area (Å²) in [5.74, 6) is 0. The van der Waals surface area contributed by atoms with Gasteiger partial charge < -0.3 is 10.1 Å². The normalized spacial score (nSPS) is 18.6. The lowest BCUT2D eigenvalue weighted by atomic mass is 9.91. The molecule has 142 valence electrons. The molecule has 2 aliphatic rings. The van der Waals surface area contributed by atoms with Gasteiger partial charge in [-0.2, -0.15) is 0 Å². The van der Waals surface area contributed by atoms with Gasteiger partial charge in [-0.15, -0.1) is 5.10 Å². The summed E-state index contributed by atoms with van der Waals surface area (Å²) in [7, 11) is 0. The van der Waals surface area contributed by atoms with E-state index in [4.69, 9.17) is 4.74 Å². The number of benzene rings is 2. The number of ether oxygens (including phenoxy) is 1. The first-order valence-corrected chi connectivity index (χ1v) is 9.93. The zero-order valence-electron chi connectivity index (χ0n) is 16.1. The Bertz CT molecular complexity index is 1020. The first kappa shape index (κ1) is 17.2. The van der Waals surface area contributed by atoms with Gasteiger partial charge in [0.2, 0.25) is 0 Å². The first-order valence-electron chi connectivity index (χ1n) is 9.93. The van der Waals surface area contributed by atoms with Crippen molar-refractivity contribution < 1.29 is 4.74 Å². The fourth-order valence-electron chi connectivity index (χ4n) is 4.24. The van der Waals surface area contributed by atoms with Gasteiger partial charge in [0.25, 0.3) is 0 Å². The van der Waals surface area contributed by atoms with E-state index in [1.54, 1.807) is 0 Å². The summed E-state index contributed by atoms with van der Waals surface area (Å²) in [5.41, 5.74) is 8.48. The van der Waals surface area contributed by atoms with Crippen molar-refractivity contribution in [1.29, 1.82) is 0 Å². The number of aromatic nitrogens is 3. The van der Waals surface area contributed by atoms with Crippen LogP contribution < -0.4 is 5.32 Å². The predicted molar refractivity (Wildman–Crippen MR) is 111 cm³/mol. The van der Waals surface area contributed by atoms with E-state index in [2.05, 4.69) is 64.2 Å². The molecule has 0 spiro atoms. The van der Waals surface area contributed by atoms with E-state index in [9.17, 15) is 0 Å². The lowest BCUT2D eigenvalue weighted by Gasteiger charge is -2.22. The summed E-state index contributed by atoms with van der Waals surface area (Å²) < 4.78 is 7.55. The molecule has 5 rings (SSSR count). The van der Waals surface area contributed by atoms with Gasteiger partial charge >= 0.3 is 0 Å². The second-order valence-electron chi connectivity index (χ2n) is 7.45. The quantitative estimate of drug-likeness (QED) is 0.729. The van der Waals surface area contributed by atoms with Crippen molar-refractivity contribution in [2.24, 2.45) is 0 Å². The number of nitrogens with zero attached hydrogens (tertiary/aromatic N) is 3. The first-order chi connectivity index (χ1) is 13.8. The zero-order chi connectivity index (χ0) is 18.9. The van der Waals surface area contributed by atoms with E-state index in [0.717, 1.165) is 43.1 Å². The van der Waals surface area contributed by atoms with Crippen LogP contribution in [0.2, 0.25) is 0 Å². The highest BCUT2D eigenvalue weighted by molar-refractivity contribution is 5.74. The Balaban J connectivity index is 1.61. The Kier molecular flexibility index (Phi) is 4.45. The molecule has 2 aromatic carbocycles. The third-order valence-corrected chi connectivity index (χ3v) is 5.66. The Morgan fingerprint density at radius 3 is 2.86 bits per heavy atom. The molecule has 1 aromatic heterocycles. The van der Waals surface area contributed by atoms with Crippen LogP contribution in [0.15, 0.2) is 54.6 Å². The number of rotatable bonds is 3. The topological polar surface area (TPSA) is 52.0 Å². The summed E-state index contributed by atoms with van der Waals surface area (Å²) in [6, 6.07) is 17.5. The van der Waals surface area contributed by atoms with Crippen molar-refractivity contribution in [2.75, 3.05) is 18.5 Å². The highest BCUT2D eigenvalue weighted by Crippen LogP contribution is 2.38. The van der Waals surface area contributed by atoms with Crippen LogP contribution in [-0.4, -0.2) is 28.2 Å². The largest absolute Gasteiger partial charge is 0.378 e. The summed E-state index contributed by atoms with van der Waals surface area (Å²) in [6.45, 7) is 4.39.